The highest BCUT2D eigenvalue weighted by molar-refractivity contribution is 5.78. The summed E-state index contributed by atoms with van der Waals surface area (Å²) in [5.74, 6) is 0. The quantitative estimate of drug-likeness (QED) is 0.590. The summed E-state index contributed by atoms with van der Waals surface area (Å²) in [5, 5.41) is 0. The van der Waals surface area contributed by atoms with Crippen LogP contribution in [0.3, 0.4) is 0 Å². The lowest BCUT2D eigenvalue weighted by Gasteiger charge is -2.09. The van der Waals surface area contributed by atoms with Crippen LogP contribution in [0.15, 0.2) is 66.8 Å². The Balaban J connectivity index is 2.46. The molecule has 0 aliphatic carbocycles. The van der Waals surface area contributed by atoms with E-state index in [-0.39, 0.29) is 0 Å². The molecule has 20 heavy (non-hydrogen) atoms. The van der Waals surface area contributed by atoms with E-state index in [0.717, 1.165) is 6.42 Å². The molecule has 0 aliphatic heterocycles. The van der Waals surface area contributed by atoms with E-state index in [1.807, 2.05) is 0 Å². The summed E-state index contributed by atoms with van der Waals surface area (Å²) in [7, 11) is 0. The molecule has 2 aromatic rings. The molecule has 0 heteroatoms. The normalized spacial score (nSPS) is 12.1. The zero-order valence-corrected chi connectivity index (χ0v) is 12.6. The summed E-state index contributed by atoms with van der Waals surface area (Å²) in [6.45, 7) is 6.42. The molecule has 0 radical (unpaired) electrons. The van der Waals surface area contributed by atoms with Crippen molar-refractivity contribution in [3.8, 4) is 11.1 Å². The van der Waals surface area contributed by atoms with Crippen molar-refractivity contribution < 1.29 is 0 Å². The molecule has 0 atom stereocenters. The van der Waals surface area contributed by atoms with Crippen molar-refractivity contribution in [1.82, 2.24) is 0 Å². The van der Waals surface area contributed by atoms with Gasteiger partial charge in [0, 0.05) is 0 Å². The number of rotatable bonds is 4. The van der Waals surface area contributed by atoms with E-state index in [9.17, 15) is 0 Å². The van der Waals surface area contributed by atoms with Crippen LogP contribution in [0.25, 0.3) is 16.7 Å². The molecule has 0 nitrogen and oxygen atoms in total. The van der Waals surface area contributed by atoms with E-state index in [0.29, 0.717) is 0 Å². The summed E-state index contributed by atoms with van der Waals surface area (Å²) in [4.78, 5) is 0. The number of aryl methyl sites for hydroxylation is 1. The fourth-order valence-electron chi connectivity index (χ4n) is 2.35. The van der Waals surface area contributed by atoms with Crippen molar-refractivity contribution in [1.29, 1.82) is 0 Å². The number of allylic oxidation sites excluding steroid dienone is 4. The maximum atomic E-state index is 2.28. The summed E-state index contributed by atoms with van der Waals surface area (Å²) in [5.41, 5.74) is 6.42. The van der Waals surface area contributed by atoms with Gasteiger partial charge in [0.15, 0.2) is 0 Å². The lowest BCUT2D eigenvalue weighted by atomic mass is 9.96. The first-order valence-corrected chi connectivity index (χ1v) is 7.25. The molecule has 2 aromatic carbocycles. The molecule has 0 saturated heterocycles. The molecular weight excluding hydrogens is 240 g/mol. The average molecular weight is 262 g/mol. The van der Waals surface area contributed by atoms with Gasteiger partial charge in [0.2, 0.25) is 0 Å². The van der Waals surface area contributed by atoms with Crippen LogP contribution in [-0.2, 0) is 0 Å². The van der Waals surface area contributed by atoms with Crippen molar-refractivity contribution in [3.63, 3.8) is 0 Å². The van der Waals surface area contributed by atoms with Gasteiger partial charge in [-0.2, -0.15) is 0 Å². The van der Waals surface area contributed by atoms with E-state index in [1.54, 1.807) is 0 Å². The third-order valence-electron chi connectivity index (χ3n) is 3.36. The number of hydrogen-bond donors (Lipinski definition) is 0. The van der Waals surface area contributed by atoms with Gasteiger partial charge in [-0.1, -0.05) is 67.6 Å². The van der Waals surface area contributed by atoms with Crippen molar-refractivity contribution in [2.45, 2.75) is 27.2 Å². The smallest absolute Gasteiger partial charge is 0.0175 e. The molecule has 0 unspecified atom stereocenters. The third kappa shape index (κ3) is 3.48. The first-order chi connectivity index (χ1) is 9.74. The largest absolute Gasteiger partial charge is 0.0842 e. The molecule has 2 rings (SSSR count). The number of benzene rings is 2. The predicted molar refractivity (Wildman–Crippen MR) is 89.7 cm³/mol. The summed E-state index contributed by atoms with van der Waals surface area (Å²) < 4.78 is 0. The molecular formula is C20H22. The second-order valence-electron chi connectivity index (χ2n) is 5.01. The van der Waals surface area contributed by atoms with Crippen LogP contribution in [0.5, 0.6) is 0 Å². The molecule has 0 N–H and O–H groups in total. The van der Waals surface area contributed by atoms with Gasteiger partial charge in [0.1, 0.15) is 0 Å². The van der Waals surface area contributed by atoms with Gasteiger partial charge in [0.25, 0.3) is 0 Å². The van der Waals surface area contributed by atoms with Gasteiger partial charge in [-0.25, -0.2) is 0 Å². The molecule has 0 aliphatic rings. The SMILES string of the molecule is C/C=C(\C=C/CC)c1cc(C)cc(-c2ccccc2)c1. The van der Waals surface area contributed by atoms with Crippen molar-refractivity contribution in [3.05, 3.63) is 77.9 Å². The molecule has 102 valence electrons. The van der Waals surface area contributed by atoms with Gasteiger partial charge < -0.3 is 0 Å². The van der Waals surface area contributed by atoms with Crippen LogP contribution in [0.1, 0.15) is 31.4 Å². The first kappa shape index (κ1) is 14.3. The third-order valence-corrected chi connectivity index (χ3v) is 3.36. The van der Waals surface area contributed by atoms with Crippen molar-refractivity contribution in [2.24, 2.45) is 0 Å². The Morgan fingerprint density at radius 1 is 1.00 bits per heavy atom. The Bertz CT molecular complexity index is 616. The molecule has 0 saturated carbocycles. The standard InChI is InChI=1S/C20H22/c1-4-6-10-17(5-2)19-13-16(3)14-20(15-19)18-11-8-7-9-12-18/h5-15H,4H2,1-3H3/b10-6-,17-5+. The summed E-state index contributed by atoms with van der Waals surface area (Å²) in [6.07, 6.45) is 7.66. The molecule has 0 amide bonds. The fraction of sp³-hybridized carbons (Fsp3) is 0.200. The second-order valence-corrected chi connectivity index (χ2v) is 5.01. The lowest BCUT2D eigenvalue weighted by molar-refractivity contribution is 1.22. The molecule has 0 fully saturated rings. The Hall–Kier alpha value is -2.08. The fourth-order valence-corrected chi connectivity index (χ4v) is 2.35. The van der Waals surface area contributed by atoms with Crippen LogP contribution in [0.2, 0.25) is 0 Å². The average Bonchev–Trinajstić information content (AvgIpc) is 2.48. The van der Waals surface area contributed by atoms with Gasteiger partial charge >= 0.3 is 0 Å². The van der Waals surface area contributed by atoms with Gasteiger partial charge in [-0.15, -0.1) is 0 Å². The topological polar surface area (TPSA) is 0 Å². The zero-order chi connectivity index (χ0) is 14.4. The maximum absolute atomic E-state index is 2.28. The molecule has 0 heterocycles. The minimum Gasteiger partial charge on any atom is -0.0842 e. The van der Waals surface area contributed by atoms with Gasteiger partial charge in [-0.3, -0.25) is 0 Å². The van der Waals surface area contributed by atoms with Crippen LogP contribution in [0, 0.1) is 6.92 Å². The molecule has 0 spiro atoms. The van der Waals surface area contributed by atoms with E-state index < -0.39 is 0 Å². The van der Waals surface area contributed by atoms with E-state index in [1.165, 1.54) is 27.8 Å². The highest BCUT2D eigenvalue weighted by atomic mass is 14.1. The Morgan fingerprint density at radius 3 is 2.40 bits per heavy atom. The zero-order valence-electron chi connectivity index (χ0n) is 12.6. The van der Waals surface area contributed by atoms with Crippen LogP contribution >= 0.6 is 0 Å². The first-order valence-electron chi connectivity index (χ1n) is 7.25. The second kappa shape index (κ2) is 6.91. The Kier molecular flexibility index (Phi) is 4.95. The van der Waals surface area contributed by atoms with E-state index in [4.69, 9.17) is 0 Å². The number of hydrogen-bond acceptors (Lipinski definition) is 0. The minimum absolute atomic E-state index is 1.06. The van der Waals surface area contributed by atoms with Crippen LogP contribution in [-0.4, -0.2) is 0 Å². The van der Waals surface area contributed by atoms with Crippen LogP contribution < -0.4 is 0 Å². The Labute approximate surface area is 122 Å². The minimum atomic E-state index is 1.06. The summed E-state index contributed by atoms with van der Waals surface area (Å²) in [6, 6.07) is 17.3. The van der Waals surface area contributed by atoms with E-state index in [2.05, 4.69) is 87.5 Å². The van der Waals surface area contributed by atoms with Crippen LogP contribution in [0.4, 0.5) is 0 Å². The predicted octanol–water partition coefficient (Wildman–Crippen LogP) is 6.03. The van der Waals surface area contributed by atoms with Gasteiger partial charge in [-0.05, 0) is 54.2 Å². The van der Waals surface area contributed by atoms with Gasteiger partial charge in [0.05, 0.1) is 0 Å². The highest BCUT2D eigenvalue weighted by Gasteiger charge is 2.03. The summed E-state index contributed by atoms with van der Waals surface area (Å²) >= 11 is 0. The van der Waals surface area contributed by atoms with Crippen molar-refractivity contribution >= 4 is 5.57 Å². The molecule has 0 bridgehead atoms. The molecule has 0 aromatic heterocycles. The highest BCUT2D eigenvalue weighted by Crippen LogP contribution is 2.26. The monoisotopic (exact) mass is 262 g/mol. The van der Waals surface area contributed by atoms with Crippen molar-refractivity contribution in [2.75, 3.05) is 0 Å². The Morgan fingerprint density at radius 2 is 1.75 bits per heavy atom. The maximum Gasteiger partial charge on any atom is -0.0175 e. The van der Waals surface area contributed by atoms with E-state index >= 15 is 0 Å². The lowest BCUT2D eigenvalue weighted by Crippen LogP contribution is -1.86.